The van der Waals surface area contributed by atoms with Gasteiger partial charge in [0.15, 0.2) is 0 Å². The molecule has 0 saturated heterocycles. The minimum absolute atomic E-state index is 0.210. The molecule has 4 aromatic rings. The molecule has 188 valence electrons. The molecule has 0 nitrogen and oxygen atoms in total. The van der Waals surface area contributed by atoms with E-state index in [0.29, 0.717) is 0 Å². The van der Waals surface area contributed by atoms with Crippen molar-refractivity contribution in [2.45, 2.75) is 92.9 Å². The standard InChI is InChI=1S/C23H29.C9H13.2ClH.Zr/c1-5-6-7-8-9-17-10-12-21-18(14-17)15-19-16-20(23(2,3)4)11-13-22(19)21;1-6-5-7(2)9(4)8(6)3;;;/h10-16H,5-9H2,1-4H3;5H,1-4H3;2*1H;/q2*-1;;;+4/p-2. The van der Waals surface area contributed by atoms with Gasteiger partial charge in [-0.05, 0) is 18.3 Å². The van der Waals surface area contributed by atoms with Gasteiger partial charge in [0.05, 0.1) is 0 Å². The third-order valence-corrected chi connectivity index (χ3v) is 7.13. The summed E-state index contributed by atoms with van der Waals surface area (Å²) in [6.45, 7) is 17.8. The Morgan fingerprint density at radius 2 is 1.29 bits per heavy atom. The van der Waals surface area contributed by atoms with Crippen LogP contribution in [0, 0.1) is 27.7 Å². The zero-order valence-corrected chi connectivity index (χ0v) is 26.9. The number of aryl methyl sites for hydroxylation is 3. The Morgan fingerprint density at radius 3 is 1.77 bits per heavy atom. The quantitative estimate of drug-likeness (QED) is 0.161. The number of benzene rings is 2. The Kier molecular flexibility index (Phi) is 12.3. The van der Waals surface area contributed by atoms with E-state index < -0.39 is 20.8 Å². The van der Waals surface area contributed by atoms with Gasteiger partial charge in [0.2, 0.25) is 0 Å². The van der Waals surface area contributed by atoms with Gasteiger partial charge < -0.3 is 0 Å². The van der Waals surface area contributed by atoms with Crippen LogP contribution in [0.25, 0.3) is 21.5 Å². The van der Waals surface area contributed by atoms with Gasteiger partial charge in [0.25, 0.3) is 0 Å². The predicted octanol–water partition coefficient (Wildman–Crippen LogP) is 11.1. The van der Waals surface area contributed by atoms with Crippen molar-refractivity contribution in [3.8, 4) is 0 Å². The number of hydrogen-bond acceptors (Lipinski definition) is 0. The minimum atomic E-state index is -0.826. The Labute approximate surface area is 232 Å². The fourth-order valence-corrected chi connectivity index (χ4v) is 4.58. The Morgan fingerprint density at radius 1 is 0.743 bits per heavy atom. The van der Waals surface area contributed by atoms with Crippen LogP contribution in [0.15, 0.2) is 48.5 Å². The second-order valence-electron chi connectivity index (χ2n) is 10.8. The van der Waals surface area contributed by atoms with E-state index in [2.05, 4.69) is 104 Å². The molecule has 0 bridgehead atoms. The fraction of sp³-hybridized carbons (Fsp3) is 0.438. The average Bonchev–Trinajstić information content (AvgIpc) is 3.28. The summed E-state index contributed by atoms with van der Waals surface area (Å²) in [5.41, 5.74) is 8.86. The third-order valence-electron chi connectivity index (χ3n) is 7.13. The van der Waals surface area contributed by atoms with Crippen LogP contribution in [-0.4, -0.2) is 0 Å². The van der Waals surface area contributed by atoms with Crippen molar-refractivity contribution in [3.63, 3.8) is 0 Å². The average molecular weight is 589 g/mol. The van der Waals surface area contributed by atoms with E-state index in [1.165, 1.54) is 87.0 Å². The van der Waals surface area contributed by atoms with Gasteiger partial charge in [0, 0.05) is 0 Å². The Hall–Kier alpha value is -0.877. The van der Waals surface area contributed by atoms with Crippen LogP contribution in [0.2, 0.25) is 0 Å². The van der Waals surface area contributed by atoms with Crippen LogP contribution in [0.4, 0.5) is 0 Å². The molecule has 4 rings (SSSR count). The molecule has 35 heavy (non-hydrogen) atoms. The predicted molar refractivity (Wildman–Crippen MR) is 156 cm³/mol. The van der Waals surface area contributed by atoms with Crippen molar-refractivity contribution < 1.29 is 20.8 Å². The molecular weight excluding hydrogens is 546 g/mol. The number of fused-ring (bicyclic) bond motifs is 3. The first kappa shape index (κ1) is 30.3. The second kappa shape index (κ2) is 14.2. The molecule has 0 aliphatic rings. The molecule has 0 atom stereocenters. The van der Waals surface area contributed by atoms with Crippen molar-refractivity contribution in [2.75, 3.05) is 0 Å². The summed E-state index contributed by atoms with van der Waals surface area (Å²) in [6, 6.07) is 18.6. The summed E-state index contributed by atoms with van der Waals surface area (Å²) in [5, 5.41) is 5.58. The van der Waals surface area contributed by atoms with E-state index in [-0.39, 0.29) is 5.41 Å². The Bertz CT molecular complexity index is 1180. The molecule has 0 unspecified atom stereocenters. The molecule has 0 radical (unpaired) electrons. The van der Waals surface area contributed by atoms with Gasteiger partial charge in [-0.25, -0.2) is 0 Å². The van der Waals surface area contributed by atoms with Crippen LogP contribution in [0.5, 0.6) is 0 Å². The summed E-state index contributed by atoms with van der Waals surface area (Å²) >= 11 is -0.826. The monoisotopic (exact) mass is 586 g/mol. The van der Waals surface area contributed by atoms with Crippen LogP contribution in [0.3, 0.4) is 0 Å². The zero-order chi connectivity index (χ0) is 26.2. The van der Waals surface area contributed by atoms with Crippen molar-refractivity contribution in [2.24, 2.45) is 0 Å². The van der Waals surface area contributed by atoms with E-state index in [1.807, 2.05) is 0 Å². The molecule has 0 amide bonds. The molecule has 0 aromatic heterocycles. The van der Waals surface area contributed by atoms with Crippen molar-refractivity contribution in [1.82, 2.24) is 0 Å². The molecule has 0 aliphatic carbocycles. The molecule has 0 saturated carbocycles. The van der Waals surface area contributed by atoms with Gasteiger partial charge in [-0.3, -0.25) is 0 Å². The number of halogens is 2. The molecular formula is C32H42Cl2Zr. The van der Waals surface area contributed by atoms with E-state index in [4.69, 9.17) is 17.0 Å². The third kappa shape index (κ3) is 8.59. The van der Waals surface area contributed by atoms with E-state index in [1.54, 1.807) is 0 Å². The van der Waals surface area contributed by atoms with Gasteiger partial charge in [-0.1, -0.05) is 110 Å². The van der Waals surface area contributed by atoms with E-state index in [9.17, 15) is 0 Å². The summed E-state index contributed by atoms with van der Waals surface area (Å²) in [7, 11) is 9.87. The second-order valence-corrected chi connectivity index (χ2v) is 14.5. The van der Waals surface area contributed by atoms with Crippen molar-refractivity contribution >= 4 is 38.6 Å². The van der Waals surface area contributed by atoms with Crippen molar-refractivity contribution in [1.29, 1.82) is 0 Å². The van der Waals surface area contributed by atoms with Crippen LogP contribution >= 0.6 is 17.0 Å². The summed E-state index contributed by atoms with van der Waals surface area (Å²) in [5.74, 6) is 0. The van der Waals surface area contributed by atoms with Gasteiger partial charge in [0.1, 0.15) is 0 Å². The first-order valence-corrected chi connectivity index (χ1v) is 19.1. The van der Waals surface area contributed by atoms with Crippen molar-refractivity contribution in [3.05, 3.63) is 81.9 Å². The molecule has 0 fully saturated rings. The summed E-state index contributed by atoms with van der Waals surface area (Å²) in [6.07, 6.45) is 6.55. The number of rotatable bonds is 5. The molecule has 0 N–H and O–H groups in total. The molecule has 0 spiro atoms. The zero-order valence-electron chi connectivity index (χ0n) is 22.9. The van der Waals surface area contributed by atoms with Gasteiger partial charge >= 0.3 is 37.9 Å². The number of unbranched alkanes of at least 4 members (excludes halogenated alkanes) is 3. The van der Waals surface area contributed by atoms with Crippen LogP contribution < -0.4 is 0 Å². The summed E-state index contributed by atoms with van der Waals surface area (Å²) in [4.78, 5) is 0. The van der Waals surface area contributed by atoms with E-state index in [0.717, 1.165) is 0 Å². The van der Waals surface area contributed by atoms with E-state index >= 15 is 0 Å². The van der Waals surface area contributed by atoms with Gasteiger partial charge in [-0.15, -0.1) is 39.7 Å². The topological polar surface area (TPSA) is 0 Å². The van der Waals surface area contributed by atoms with Crippen LogP contribution in [-0.2, 0) is 32.7 Å². The Balaban J connectivity index is 0.000000299. The molecule has 0 aliphatic heterocycles. The molecule has 0 heterocycles. The maximum atomic E-state index is 4.93. The molecule has 4 aromatic carbocycles. The fourth-order valence-electron chi connectivity index (χ4n) is 4.58. The van der Waals surface area contributed by atoms with Gasteiger partial charge in [-0.2, -0.15) is 28.3 Å². The maximum absolute atomic E-state index is 4.93. The molecule has 3 heteroatoms. The SMILES string of the molecule is CCCCCCc1ccc2c(c1)[cH-]c1cc(C(C)(C)C)ccc12.Cc1[cH-]c(C)c(C)c1C.[Cl][Zr+2][Cl]. The first-order valence-electron chi connectivity index (χ1n) is 12.8. The summed E-state index contributed by atoms with van der Waals surface area (Å²) < 4.78 is 0. The first-order chi connectivity index (χ1) is 16.5. The number of hydrogen-bond donors (Lipinski definition) is 0. The normalized spacial score (nSPS) is 11.0. The van der Waals surface area contributed by atoms with Crippen LogP contribution in [0.1, 0.15) is 86.8 Å².